The lowest BCUT2D eigenvalue weighted by atomic mass is 9.95. The molecule has 0 aromatic heterocycles. The first-order chi connectivity index (χ1) is 7.47. The maximum Gasteiger partial charge on any atom is 0.240 e. The van der Waals surface area contributed by atoms with Crippen LogP contribution in [0.4, 0.5) is 0 Å². The summed E-state index contributed by atoms with van der Waals surface area (Å²) in [5, 5.41) is 2.94. The lowest BCUT2D eigenvalue weighted by Gasteiger charge is -2.26. The molecule has 4 heteroatoms. The Hall–Kier alpha value is -0.610. The zero-order chi connectivity index (χ0) is 12.6. The Morgan fingerprint density at radius 2 is 2.00 bits per heavy atom. The second kappa shape index (κ2) is 7.63. The van der Waals surface area contributed by atoms with Crippen LogP contribution in [0.15, 0.2) is 0 Å². The number of hydrogen-bond acceptors (Lipinski definition) is 3. The van der Waals surface area contributed by atoms with E-state index in [9.17, 15) is 4.79 Å². The summed E-state index contributed by atoms with van der Waals surface area (Å²) in [6.07, 6.45) is 4.73. The SMILES string of the molecule is CCCCC(CN)NC(=O)C(C)(N)CCC. The molecule has 0 aromatic carbocycles. The van der Waals surface area contributed by atoms with Crippen LogP contribution in [-0.2, 0) is 4.79 Å². The van der Waals surface area contributed by atoms with Crippen LogP contribution in [0.1, 0.15) is 52.9 Å². The summed E-state index contributed by atoms with van der Waals surface area (Å²) in [5.74, 6) is -0.0825. The van der Waals surface area contributed by atoms with Crippen molar-refractivity contribution < 1.29 is 4.79 Å². The zero-order valence-electron chi connectivity index (χ0n) is 10.9. The highest BCUT2D eigenvalue weighted by atomic mass is 16.2. The first-order valence-electron chi connectivity index (χ1n) is 6.27. The fourth-order valence-corrected chi connectivity index (χ4v) is 1.68. The summed E-state index contributed by atoms with van der Waals surface area (Å²) < 4.78 is 0. The van der Waals surface area contributed by atoms with E-state index in [1.807, 2.05) is 6.92 Å². The smallest absolute Gasteiger partial charge is 0.240 e. The molecule has 16 heavy (non-hydrogen) atoms. The van der Waals surface area contributed by atoms with Crippen molar-refractivity contribution in [3.63, 3.8) is 0 Å². The van der Waals surface area contributed by atoms with Crippen molar-refractivity contribution in [2.45, 2.75) is 64.5 Å². The number of nitrogens with one attached hydrogen (secondary N) is 1. The predicted octanol–water partition coefficient (Wildman–Crippen LogP) is 1.14. The number of rotatable bonds is 8. The van der Waals surface area contributed by atoms with Gasteiger partial charge in [-0.2, -0.15) is 0 Å². The van der Waals surface area contributed by atoms with E-state index in [1.54, 1.807) is 6.92 Å². The fourth-order valence-electron chi connectivity index (χ4n) is 1.68. The molecule has 0 heterocycles. The highest BCUT2D eigenvalue weighted by Gasteiger charge is 2.28. The molecule has 0 spiro atoms. The molecule has 0 aliphatic rings. The first kappa shape index (κ1) is 15.4. The van der Waals surface area contributed by atoms with E-state index < -0.39 is 5.54 Å². The van der Waals surface area contributed by atoms with Gasteiger partial charge in [-0.05, 0) is 19.8 Å². The topological polar surface area (TPSA) is 81.1 Å². The highest BCUT2D eigenvalue weighted by molar-refractivity contribution is 5.85. The standard InChI is InChI=1S/C12H27N3O/c1-4-6-7-10(9-13)15-11(16)12(3,14)8-5-2/h10H,4-9,13-14H2,1-3H3,(H,15,16). The molecule has 0 radical (unpaired) electrons. The van der Waals surface area contributed by atoms with Crippen molar-refractivity contribution in [1.29, 1.82) is 0 Å². The van der Waals surface area contributed by atoms with Crippen LogP contribution in [0, 0.1) is 0 Å². The van der Waals surface area contributed by atoms with Gasteiger partial charge in [0.15, 0.2) is 0 Å². The Morgan fingerprint density at radius 1 is 1.38 bits per heavy atom. The normalized spacial score (nSPS) is 16.6. The van der Waals surface area contributed by atoms with Gasteiger partial charge < -0.3 is 16.8 Å². The molecule has 0 saturated heterocycles. The van der Waals surface area contributed by atoms with Gasteiger partial charge in [0.25, 0.3) is 0 Å². The summed E-state index contributed by atoms with van der Waals surface area (Å²) in [6.45, 7) is 6.41. The van der Waals surface area contributed by atoms with E-state index in [4.69, 9.17) is 11.5 Å². The van der Waals surface area contributed by atoms with Gasteiger partial charge in [-0.1, -0.05) is 33.1 Å². The van der Waals surface area contributed by atoms with Crippen LogP contribution in [0.2, 0.25) is 0 Å². The summed E-state index contributed by atoms with van der Waals surface area (Å²) >= 11 is 0. The third kappa shape index (κ3) is 5.47. The minimum Gasteiger partial charge on any atom is -0.351 e. The molecule has 0 aromatic rings. The summed E-state index contributed by atoms with van der Waals surface area (Å²) in [6, 6.07) is 0.0622. The Bertz CT molecular complexity index is 204. The van der Waals surface area contributed by atoms with Gasteiger partial charge in [0.1, 0.15) is 0 Å². The highest BCUT2D eigenvalue weighted by Crippen LogP contribution is 2.09. The van der Waals surface area contributed by atoms with Crippen LogP contribution in [-0.4, -0.2) is 24.0 Å². The minimum absolute atomic E-state index is 0.0622. The van der Waals surface area contributed by atoms with E-state index in [0.29, 0.717) is 13.0 Å². The molecule has 96 valence electrons. The van der Waals surface area contributed by atoms with E-state index >= 15 is 0 Å². The zero-order valence-corrected chi connectivity index (χ0v) is 10.9. The monoisotopic (exact) mass is 229 g/mol. The molecule has 0 fully saturated rings. The third-order valence-corrected chi connectivity index (χ3v) is 2.81. The van der Waals surface area contributed by atoms with Gasteiger partial charge >= 0.3 is 0 Å². The minimum atomic E-state index is -0.769. The number of amides is 1. The van der Waals surface area contributed by atoms with Gasteiger partial charge in [0.2, 0.25) is 5.91 Å². The van der Waals surface area contributed by atoms with Crippen LogP contribution >= 0.6 is 0 Å². The summed E-state index contributed by atoms with van der Waals surface area (Å²) in [7, 11) is 0. The van der Waals surface area contributed by atoms with E-state index in [1.165, 1.54) is 0 Å². The number of nitrogens with two attached hydrogens (primary N) is 2. The van der Waals surface area contributed by atoms with E-state index in [-0.39, 0.29) is 11.9 Å². The fraction of sp³-hybridized carbons (Fsp3) is 0.917. The Labute approximate surface area is 99.1 Å². The van der Waals surface area contributed by atoms with Gasteiger partial charge in [-0.25, -0.2) is 0 Å². The van der Waals surface area contributed by atoms with Crippen LogP contribution in [0.5, 0.6) is 0 Å². The van der Waals surface area contributed by atoms with Gasteiger partial charge in [0.05, 0.1) is 5.54 Å². The molecule has 0 aliphatic heterocycles. The van der Waals surface area contributed by atoms with Crippen molar-refractivity contribution in [1.82, 2.24) is 5.32 Å². The number of carbonyl (C=O) groups excluding carboxylic acids is 1. The Morgan fingerprint density at radius 3 is 2.44 bits per heavy atom. The summed E-state index contributed by atoms with van der Waals surface area (Å²) in [5.41, 5.74) is 10.8. The Balaban J connectivity index is 4.17. The largest absolute Gasteiger partial charge is 0.351 e. The van der Waals surface area contributed by atoms with Crippen LogP contribution in [0.25, 0.3) is 0 Å². The molecular formula is C12H27N3O. The van der Waals surface area contributed by atoms with E-state index in [0.717, 1.165) is 25.7 Å². The van der Waals surface area contributed by atoms with Crippen molar-refractivity contribution >= 4 is 5.91 Å². The second-order valence-corrected chi connectivity index (χ2v) is 4.72. The average Bonchev–Trinajstić information content (AvgIpc) is 2.23. The average molecular weight is 229 g/mol. The van der Waals surface area contributed by atoms with Gasteiger partial charge in [-0.3, -0.25) is 4.79 Å². The number of unbranched alkanes of at least 4 members (excludes halogenated alkanes) is 1. The maximum absolute atomic E-state index is 11.9. The van der Waals surface area contributed by atoms with Crippen molar-refractivity contribution in [2.75, 3.05) is 6.54 Å². The summed E-state index contributed by atoms with van der Waals surface area (Å²) in [4.78, 5) is 11.9. The van der Waals surface area contributed by atoms with Gasteiger partial charge in [-0.15, -0.1) is 0 Å². The number of hydrogen-bond donors (Lipinski definition) is 3. The predicted molar refractivity (Wildman–Crippen MR) is 68.0 cm³/mol. The van der Waals surface area contributed by atoms with Crippen LogP contribution < -0.4 is 16.8 Å². The molecule has 1 amide bonds. The lowest BCUT2D eigenvalue weighted by molar-refractivity contribution is -0.126. The molecule has 0 bridgehead atoms. The lowest BCUT2D eigenvalue weighted by Crippen LogP contribution is -2.55. The third-order valence-electron chi connectivity index (χ3n) is 2.81. The molecule has 0 rings (SSSR count). The van der Waals surface area contributed by atoms with Crippen molar-refractivity contribution in [3.8, 4) is 0 Å². The quantitative estimate of drug-likeness (QED) is 0.584. The second-order valence-electron chi connectivity index (χ2n) is 4.72. The molecule has 2 unspecified atom stereocenters. The Kier molecular flexibility index (Phi) is 7.34. The van der Waals surface area contributed by atoms with Gasteiger partial charge in [0, 0.05) is 12.6 Å². The van der Waals surface area contributed by atoms with Crippen molar-refractivity contribution in [2.24, 2.45) is 11.5 Å². The molecule has 2 atom stereocenters. The van der Waals surface area contributed by atoms with Crippen LogP contribution in [0.3, 0.4) is 0 Å². The molecule has 4 nitrogen and oxygen atoms in total. The van der Waals surface area contributed by atoms with E-state index in [2.05, 4.69) is 12.2 Å². The molecule has 5 N–H and O–H groups in total. The molecule has 0 saturated carbocycles. The molecular weight excluding hydrogens is 202 g/mol. The first-order valence-corrected chi connectivity index (χ1v) is 6.27. The maximum atomic E-state index is 11.9. The number of carbonyl (C=O) groups is 1. The molecule has 0 aliphatic carbocycles. The van der Waals surface area contributed by atoms with Crippen molar-refractivity contribution in [3.05, 3.63) is 0 Å².